The lowest BCUT2D eigenvalue weighted by molar-refractivity contribution is -0.145. The molecule has 3 unspecified atom stereocenters. The Morgan fingerprint density at radius 2 is 1.16 bits per heavy atom. The van der Waals surface area contributed by atoms with E-state index < -0.39 is 0 Å². The number of carbonyl (C=O) groups is 2. The van der Waals surface area contributed by atoms with E-state index in [9.17, 15) is 9.59 Å². The number of hydrogen-bond donors (Lipinski definition) is 0. The Hall–Kier alpha value is -1.06. The van der Waals surface area contributed by atoms with Gasteiger partial charge in [0, 0.05) is 38.0 Å². The van der Waals surface area contributed by atoms with Crippen LogP contribution in [-0.2, 0) is 9.59 Å². The van der Waals surface area contributed by atoms with Gasteiger partial charge in [-0.25, -0.2) is 0 Å². The quantitative estimate of drug-likeness (QED) is 0.768. The predicted octanol–water partition coefficient (Wildman–Crippen LogP) is 3.45. The van der Waals surface area contributed by atoms with E-state index in [-0.39, 0.29) is 11.8 Å². The summed E-state index contributed by atoms with van der Waals surface area (Å²) < 4.78 is 0. The van der Waals surface area contributed by atoms with Crippen LogP contribution in [0.2, 0.25) is 0 Å². The number of piperazine rings is 1. The molecule has 1 heterocycles. The minimum Gasteiger partial charge on any atom is -0.339 e. The molecule has 0 aromatic carbocycles. The predicted molar refractivity (Wildman–Crippen MR) is 97.9 cm³/mol. The lowest BCUT2D eigenvalue weighted by Crippen LogP contribution is -2.53. The Bertz CT molecular complexity index is 492. The maximum atomic E-state index is 12.9. The van der Waals surface area contributed by atoms with Crippen LogP contribution in [0.3, 0.4) is 0 Å². The summed E-state index contributed by atoms with van der Waals surface area (Å²) in [6.45, 7) is 3.00. The third-order valence-electron chi connectivity index (χ3n) is 7.50. The highest BCUT2D eigenvalue weighted by atomic mass is 16.2. The first-order valence-corrected chi connectivity index (χ1v) is 10.8. The number of amides is 2. The molecule has 4 heteroatoms. The first-order valence-electron chi connectivity index (χ1n) is 10.8. The van der Waals surface area contributed by atoms with Crippen molar-refractivity contribution < 1.29 is 9.59 Å². The maximum Gasteiger partial charge on any atom is 0.225 e. The zero-order chi connectivity index (χ0) is 17.2. The van der Waals surface area contributed by atoms with E-state index in [1.165, 1.54) is 44.9 Å². The molecule has 4 nitrogen and oxygen atoms in total. The topological polar surface area (TPSA) is 40.6 Å². The number of nitrogens with zero attached hydrogens (tertiary/aromatic N) is 2. The Morgan fingerprint density at radius 1 is 0.560 bits per heavy atom. The molecule has 4 rings (SSSR count). The van der Waals surface area contributed by atoms with E-state index in [0.717, 1.165) is 63.7 Å². The molecule has 3 aliphatic carbocycles. The molecule has 0 aromatic rings. The van der Waals surface area contributed by atoms with Gasteiger partial charge in [-0.05, 0) is 43.9 Å². The van der Waals surface area contributed by atoms with E-state index >= 15 is 0 Å². The van der Waals surface area contributed by atoms with E-state index in [4.69, 9.17) is 0 Å². The van der Waals surface area contributed by atoms with Crippen LogP contribution in [0.15, 0.2) is 0 Å². The summed E-state index contributed by atoms with van der Waals surface area (Å²) in [4.78, 5) is 29.7. The van der Waals surface area contributed by atoms with Crippen molar-refractivity contribution in [1.82, 2.24) is 9.80 Å². The SMILES string of the molecule is O=C(C1CCCCC1)N1CCN(C(=O)C2CCC3CCCC3C2)CC1. The summed E-state index contributed by atoms with van der Waals surface area (Å²) in [5.74, 6) is 2.99. The highest BCUT2D eigenvalue weighted by molar-refractivity contribution is 5.81. The van der Waals surface area contributed by atoms with Crippen molar-refractivity contribution in [3.8, 4) is 0 Å². The van der Waals surface area contributed by atoms with Crippen LogP contribution in [0.5, 0.6) is 0 Å². The van der Waals surface area contributed by atoms with Crippen LogP contribution >= 0.6 is 0 Å². The summed E-state index contributed by atoms with van der Waals surface area (Å²) in [6, 6.07) is 0. The Balaban J connectivity index is 1.26. The maximum absolute atomic E-state index is 12.9. The number of fused-ring (bicyclic) bond motifs is 1. The molecule has 1 saturated heterocycles. The van der Waals surface area contributed by atoms with Gasteiger partial charge >= 0.3 is 0 Å². The van der Waals surface area contributed by atoms with Crippen molar-refractivity contribution in [3.63, 3.8) is 0 Å². The summed E-state index contributed by atoms with van der Waals surface area (Å²) in [6.07, 6.45) is 13.5. The third kappa shape index (κ3) is 3.73. The Labute approximate surface area is 152 Å². The van der Waals surface area contributed by atoms with Crippen LogP contribution in [-0.4, -0.2) is 47.8 Å². The molecule has 3 atom stereocenters. The molecule has 0 N–H and O–H groups in total. The lowest BCUT2D eigenvalue weighted by atomic mass is 9.75. The normalized spacial score (nSPS) is 34.0. The molecule has 0 bridgehead atoms. The van der Waals surface area contributed by atoms with E-state index in [0.29, 0.717) is 11.8 Å². The van der Waals surface area contributed by atoms with Crippen LogP contribution in [0, 0.1) is 23.7 Å². The fourth-order valence-corrected chi connectivity index (χ4v) is 5.94. The number of carbonyl (C=O) groups excluding carboxylic acids is 2. The summed E-state index contributed by atoms with van der Waals surface area (Å²) in [7, 11) is 0. The molecular weight excluding hydrogens is 312 g/mol. The first-order chi connectivity index (χ1) is 12.2. The number of rotatable bonds is 2. The Kier molecular flexibility index (Phi) is 5.33. The van der Waals surface area contributed by atoms with Crippen LogP contribution in [0.25, 0.3) is 0 Å². The van der Waals surface area contributed by atoms with Crippen molar-refractivity contribution in [3.05, 3.63) is 0 Å². The van der Waals surface area contributed by atoms with Gasteiger partial charge in [0.15, 0.2) is 0 Å². The second kappa shape index (κ2) is 7.67. The average Bonchev–Trinajstić information content (AvgIpc) is 3.15. The second-order valence-electron chi connectivity index (χ2n) is 8.95. The van der Waals surface area contributed by atoms with Gasteiger partial charge in [-0.15, -0.1) is 0 Å². The van der Waals surface area contributed by atoms with Gasteiger partial charge in [0.2, 0.25) is 11.8 Å². The Morgan fingerprint density at radius 3 is 1.84 bits per heavy atom. The molecule has 1 aliphatic heterocycles. The average molecular weight is 347 g/mol. The molecular formula is C21H34N2O2. The molecule has 2 amide bonds. The van der Waals surface area contributed by atoms with Crippen LogP contribution < -0.4 is 0 Å². The highest BCUT2D eigenvalue weighted by Crippen LogP contribution is 2.44. The summed E-state index contributed by atoms with van der Waals surface area (Å²) in [5.41, 5.74) is 0. The largest absolute Gasteiger partial charge is 0.339 e. The zero-order valence-electron chi connectivity index (χ0n) is 15.6. The van der Waals surface area contributed by atoms with Crippen molar-refractivity contribution in [2.75, 3.05) is 26.2 Å². The molecule has 4 fully saturated rings. The summed E-state index contributed by atoms with van der Waals surface area (Å²) in [5, 5.41) is 0. The molecule has 0 radical (unpaired) electrons. The van der Waals surface area contributed by atoms with Gasteiger partial charge in [-0.1, -0.05) is 38.5 Å². The fourth-order valence-electron chi connectivity index (χ4n) is 5.94. The van der Waals surface area contributed by atoms with Crippen molar-refractivity contribution >= 4 is 11.8 Å². The van der Waals surface area contributed by atoms with E-state index in [2.05, 4.69) is 4.90 Å². The van der Waals surface area contributed by atoms with Crippen molar-refractivity contribution in [2.45, 2.75) is 70.6 Å². The van der Waals surface area contributed by atoms with E-state index in [1.54, 1.807) is 0 Å². The number of hydrogen-bond acceptors (Lipinski definition) is 2. The van der Waals surface area contributed by atoms with Crippen LogP contribution in [0.1, 0.15) is 70.6 Å². The standard InChI is InChI=1S/C21H34N2O2/c24-20(17-5-2-1-3-6-17)22-11-13-23(14-12-22)21(25)19-10-9-16-7-4-8-18(16)15-19/h16-19H,1-15H2. The first kappa shape index (κ1) is 17.4. The monoisotopic (exact) mass is 346 g/mol. The van der Waals surface area contributed by atoms with Gasteiger partial charge in [0.25, 0.3) is 0 Å². The van der Waals surface area contributed by atoms with Gasteiger partial charge in [-0.2, -0.15) is 0 Å². The van der Waals surface area contributed by atoms with Crippen LogP contribution in [0.4, 0.5) is 0 Å². The molecule has 25 heavy (non-hydrogen) atoms. The molecule has 4 aliphatic rings. The smallest absolute Gasteiger partial charge is 0.225 e. The summed E-state index contributed by atoms with van der Waals surface area (Å²) >= 11 is 0. The van der Waals surface area contributed by atoms with Gasteiger partial charge in [0.1, 0.15) is 0 Å². The highest BCUT2D eigenvalue weighted by Gasteiger charge is 2.38. The zero-order valence-corrected chi connectivity index (χ0v) is 15.6. The molecule has 0 aromatic heterocycles. The third-order valence-corrected chi connectivity index (χ3v) is 7.50. The van der Waals surface area contributed by atoms with Gasteiger partial charge in [-0.3, -0.25) is 9.59 Å². The molecule has 3 saturated carbocycles. The lowest BCUT2D eigenvalue weighted by Gasteiger charge is -2.40. The van der Waals surface area contributed by atoms with Crippen molar-refractivity contribution in [1.29, 1.82) is 0 Å². The second-order valence-corrected chi connectivity index (χ2v) is 8.95. The molecule has 0 spiro atoms. The minimum atomic E-state index is 0.258. The van der Waals surface area contributed by atoms with E-state index in [1.807, 2.05) is 4.90 Å². The van der Waals surface area contributed by atoms with Crippen molar-refractivity contribution in [2.24, 2.45) is 23.7 Å². The minimum absolute atomic E-state index is 0.258. The van der Waals surface area contributed by atoms with Gasteiger partial charge < -0.3 is 9.80 Å². The fraction of sp³-hybridized carbons (Fsp3) is 0.905. The molecule has 140 valence electrons. The van der Waals surface area contributed by atoms with Gasteiger partial charge in [0.05, 0.1) is 0 Å².